The van der Waals surface area contributed by atoms with Gasteiger partial charge in [0.05, 0.1) is 52.7 Å². The van der Waals surface area contributed by atoms with Crippen molar-refractivity contribution in [2.24, 2.45) is 0 Å². The van der Waals surface area contributed by atoms with Gasteiger partial charge in [0.2, 0.25) is 0 Å². The van der Waals surface area contributed by atoms with E-state index in [2.05, 4.69) is 15.3 Å². The largest absolute Gasteiger partial charge is 0.454 e. The molecule has 0 saturated carbocycles. The van der Waals surface area contributed by atoms with Crippen LogP contribution in [0.4, 0.5) is 14.5 Å². The number of carbonyl (C=O) groups excluding carboxylic acids is 1. The number of aromatic nitrogens is 2. The number of aromatic amines is 1. The van der Waals surface area contributed by atoms with E-state index < -0.39 is 17.4 Å². The molecule has 192 valence electrons. The summed E-state index contributed by atoms with van der Waals surface area (Å²) in [7, 11) is 0. The van der Waals surface area contributed by atoms with Crippen LogP contribution in [-0.2, 0) is 4.74 Å². The van der Waals surface area contributed by atoms with Crippen LogP contribution in [0.1, 0.15) is 34.3 Å². The molecular weight excluding hydrogens is 504 g/mol. The van der Waals surface area contributed by atoms with E-state index in [1.807, 2.05) is 0 Å². The highest BCUT2D eigenvalue weighted by atomic mass is 35.5. The molecule has 2 aromatic heterocycles. The number of nitrogens with one attached hydrogen (secondary N) is 2. The lowest BCUT2D eigenvalue weighted by Crippen LogP contribution is -2.36. The molecule has 3 heterocycles. The van der Waals surface area contributed by atoms with Gasteiger partial charge in [-0.15, -0.1) is 0 Å². The molecule has 0 aliphatic carbocycles. The van der Waals surface area contributed by atoms with Crippen LogP contribution in [0, 0.1) is 18.6 Å². The van der Waals surface area contributed by atoms with Crippen LogP contribution in [0.25, 0.3) is 11.0 Å². The molecule has 10 heteroatoms. The zero-order valence-electron chi connectivity index (χ0n) is 19.9. The molecule has 0 spiro atoms. The summed E-state index contributed by atoms with van der Waals surface area (Å²) in [5.74, 6) is -1.93. The average molecular weight is 528 g/mol. The second-order valence-corrected chi connectivity index (χ2v) is 9.33. The first-order valence-corrected chi connectivity index (χ1v) is 12.1. The molecule has 1 saturated heterocycles. The maximum atomic E-state index is 15.3. The third-order valence-corrected chi connectivity index (χ3v) is 6.66. The fourth-order valence-corrected chi connectivity index (χ4v) is 4.71. The summed E-state index contributed by atoms with van der Waals surface area (Å²) in [6.07, 6.45) is 4.15. The van der Waals surface area contributed by atoms with Gasteiger partial charge in [0.15, 0.2) is 17.3 Å². The van der Waals surface area contributed by atoms with E-state index in [1.165, 1.54) is 36.7 Å². The predicted octanol–water partition coefficient (Wildman–Crippen LogP) is 5.78. The molecule has 0 unspecified atom stereocenters. The van der Waals surface area contributed by atoms with E-state index in [4.69, 9.17) is 21.1 Å². The van der Waals surface area contributed by atoms with E-state index in [9.17, 15) is 14.3 Å². The predicted molar refractivity (Wildman–Crippen MR) is 136 cm³/mol. The van der Waals surface area contributed by atoms with Crippen LogP contribution in [0.2, 0.25) is 5.02 Å². The van der Waals surface area contributed by atoms with Crippen LogP contribution in [0.3, 0.4) is 0 Å². The van der Waals surface area contributed by atoms with Crippen LogP contribution in [0.5, 0.6) is 11.5 Å². The van der Waals surface area contributed by atoms with Gasteiger partial charge in [0, 0.05) is 18.3 Å². The Bertz CT molecular complexity index is 1440. The summed E-state index contributed by atoms with van der Waals surface area (Å²) in [5, 5.41) is 13.4. The van der Waals surface area contributed by atoms with Gasteiger partial charge in [-0.1, -0.05) is 23.7 Å². The minimum Gasteiger partial charge on any atom is -0.454 e. The lowest BCUT2D eigenvalue weighted by atomic mass is 9.97. The van der Waals surface area contributed by atoms with Crippen molar-refractivity contribution in [1.29, 1.82) is 0 Å². The van der Waals surface area contributed by atoms with Crippen molar-refractivity contribution in [3.63, 3.8) is 0 Å². The molecule has 1 aliphatic rings. The molecule has 2 atom stereocenters. The van der Waals surface area contributed by atoms with Crippen LogP contribution < -0.4 is 10.1 Å². The Kier molecular flexibility index (Phi) is 7.10. The summed E-state index contributed by atoms with van der Waals surface area (Å²) in [4.78, 5) is 20.9. The Morgan fingerprint density at radius 2 is 2.08 bits per heavy atom. The van der Waals surface area contributed by atoms with Crippen molar-refractivity contribution in [2.75, 3.05) is 18.5 Å². The number of hydrogen-bond donors (Lipinski definition) is 3. The van der Waals surface area contributed by atoms with E-state index in [0.717, 1.165) is 12.5 Å². The molecule has 37 heavy (non-hydrogen) atoms. The van der Waals surface area contributed by atoms with E-state index in [0.29, 0.717) is 40.3 Å². The van der Waals surface area contributed by atoms with Crippen LogP contribution >= 0.6 is 11.6 Å². The summed E-state index contributed by atoms with van der Waals surface area (Å²) in [6, 6.07) is 8.24. The Balaban J connectivity index is 1.47. The average Bonchev–Trinajstić information content (AvgIpc) is 3.31. The van der Waals surface area contributed by atoms with Crippen molar-refractivity contribution in [1.82, 2.24) is 9.97 Å². The Morgan fingerprint density at radius 3 is 2.78 bits per heavy atom. The second-order valence-electron chi connectivity index (χ2n) is 8.92. The minimum atomic E-state index is -0.800. The Hall–Kier alpha value is -3.53. The molecule has 1 fully saturated rings. The molecule has 0 radical (unpaired) electrons. The lowest BCUT2D eigenvalue weighted by Gasteiger charge is -2.29. The number of rotatable bonds is 7. The van der Waals surface area contributed by atoms with Gasteiger partial charge in [0.1, 0.15) is 17.2 Å². The number of anilines is 1. The summed E-state index contributed by atoms with van der Waals surface area (Å²) >= 11 is 6.48. The maximum Gasteiger partial charge on any atom is 0.198 e. The van der Waals surface area contributed by atoms with Gasteiger partial charge >= 0.3 is 0 Å². The number of aliphatic hydroxyl groups is 1. The maximum absolute atomic E-state index is 15.3. The van der Waals surface area contributed by atoms with Gasteiger partial charge in [0.25, 0.3) is 0 Å². The summed E-state index contributed by atoms with van der Waals surface area (Å²) < 4.78 is 40.4. The summed E-state index contributed by atoms with van der Waals surface area (Å²) in [6.45, 7) is 1.90. The highest BCUT2D eigenvalue weighted by Gasteiger charge is 2.27. The zero-order chi connectivity index (χ0) is 26.1. The molecule has 1 aliphatic heterocycles. The second kappa shape index (κ2) is 10.5. The number of aryl methyl sites for hydroxylation is 1. The SMILES string of the molecule is Cc1cc(Oc2ccccc2F)cc(F)c1C(=O)c1c[nH]c2ncc(Cl)c(N[C@@H]3CC[C@@H](CO)OC3)c12. The first-order chi connectivity index (χ1) is 17.9. The van der Waals surface area contributed by atoms with Crippen molar-refractivity contribution in [2.45, 2.75) is 31.9 Å². The number of ether oxygens (including phenoxy) is 2. The Morgan fingerprint density at radius 1 is 1.27 bits per heavy atom. The number of nitrogens with zero attached hydrogens (tertiary/aromatic N) is 1. The van der Waals surface area contributed by atoms with Gasteiger partial charge < -0.3 is 24.9 Å². The number of halogens is 3. The number of aliphatic hydroxyl groups excluding tert-OH is 1. The fourth-order valence-electron chi connectivity index (χ4n) is 4.51. The molecule has 0 amide bonds. The van der Waals surface area contributed by atoms with E-state index >= 15 is 4.39 Å². The van der Waals surface area contributed by atoms with Crippen LogP contribution in [0.15, 0.2) is 48.8 Å². The Labute approximate surface area is 216 Å². The van der Waals surface area contributed by atoms with Crippen molar-refractivity contribution in [3.8, 4) is 11.5 Å². The molecule has 2 aromatic carbocycles. The number of pyridine rings is 1. The zero-order valence-corrected chi connectivity index (χ0v) is 20.6. The number of H-pyrrole nitrogens is 1. The fraction of sp³-hybridized carbons (Fsp3) is 0.259. The molecule has 3 N–H and O–H groups in total. The molecule has 7 nitrogen and oxygen atoms in total. The van der Waals surface area contributed by atoms with Gasteiger partial charge in [-0.25, -0.2) is 13.8 Å². The van der Waals surface area contributed by atoms with Crippen molar-refractivity contribution >= 4 is 34.1 Å². The normalized spacial score (nSPS) is 17.6. The number of para-hydroxylation sites is 1. The van der Waals surface area contributed by atoms with Gasteiger partial charge in [-0.3, -0.25) is 4.79 Å². The monoisotopic (exact) mass is 527 g/mol. The topological polar surface area (TPSA) is 96.5 Å². The number of benzene rings is 2. The lowest BCUT2D eigenvalue weighted by molar-refractivity contribution is -0.0223. The quantitative estimate of drug-likeness (QED) is 0.264. The van der Waals surface area contributed by atoms with Crippen LogP contribution in [-0.4, -0.2) is 46.2 Å². The standard InChI is InChI=1S/C27H24ClF2N3O4/c1-14-8-17(37-22-5-3-2-4-20(22)29)9-21(30)23(14)26(35)18-10-31-27-24(18)25(19(28)11-32-27)33-15-6-7-16(12-34)36-13-15/h2-5,8-11,15-16,34H,6-7,12-13H2,1H3,(H2,31,32,33)/t15-,16+/m1/s1. The van der Waals surface area contributed by atoms with Crippen molar-refractivity contribution in [3.05, 3.63) is 82.1 Å². The molecule has 5 rings (SSSR count). The number of carbonyl (C=O) groups is 1. The molecular formula is C27H24ClF2N3O4. The van der Waals surface area contributed by atoms with Crippen molar-refractivity contribution < 1.29 is 28.2 Å². The number of hydrogen-bond acceptors (Lipinski definition) is 6. The first kappa shape index (κ1) is 25.1. The third-order valence-electron chi connectivity index (χ3n) is 6.37. The molecule has 0 bridgehead atoms. The highest BCUT2D eigenvalue weighted by molar-refractivity contribution is 6.35. The van der Waals surface area contributed by atoms with E-state index in [1.54, 1.807) is 13.0 Å². The molecule has 4 aromatic rings. The minimum absolute atomic E-state index is 0.0432. The van der Waals surface area contributed by atoms with Gasteiger partial charge in [-0.05, 0) is 43.5 Å². The van der Waals surface area contributed by atoms with Gasteiger partial charge in [-0.2, -0.15) is 0 Å². The summed E-state index contributed by atoms with van der Waals surface area (Å²) in [5.41, 5.74) is 1.29. The highest BCUT2D eigenvalue weighted by Crippen LogP contribution is 2.36. The first-order valence-electron chi connectivity index (χ1n) is 11.8. The third kappa shape index (κ3) is 5.02. The smallest absolute Gasteiger partial charge is 0.198 e. The number of ketones is 1. The van der Waals surface area contributed by atoms with E-state index in [-0.39, 0.29) is 41.4 Å². The number of fused-ring (bicyclic) bond motifs is 1.